The molecule has 208 valence electrons. The van der Waals surface area contributed by atoms with Crippen LogP contribution in [0, 0.1) is 5.82 Å². The minimum Gasteiger partial charge on any atom is -0.493 e. The van der Waals surface area contributed by atoms with E-state index in [4.69, 9.17) is 4.74 Å². The van der Waals surface area contributed by atoms with Gasteiger partial charge in [0.1, 0.15) is 17.6 Å². The fourth-order valence-electron chi connectivity index (χ4n) is 4.65. The molecule has 0 fully saturated rings. The topological polar surface area (TPSA) is 90.9 Å². The van der Waals surface area contributed by atoms with Gasteiger partial charge in [0.2, 0.25) is 11.8 Å². The highest BCUT2D eigenvalue weighted by atomic mass is 32.1. The average molecular weight is 546 g/mol. The van der Waals surface area contributed by atoms with Gasteiger partial charge in [0.05, 0.1) is 18.8 Å². The van der Waals surface area contributed by atoms with Crippen molar-refractivity contribution in [3.63, 3.8) is 0 Å². The van der Waals surface area contributed by atoms with Crippen LogP contribution in [0.25, 0.3) is 0 Å². The number of aryl methyl sites for hydroxylation is 1. The molecule has 3 atom stereocenters. The van der Waals surface area contributed by atoms with Gasteiger partial charge in [0.25, 0.3) is 0 Å². The molecule has 9 heteroatoms. The molecule has 0 saturated carbocycles. The Balaban J connectivity index is 1.81. The van der Waals surface area contributed by atoms with E-state index in [1.165, 1.54) is 22.6 Å². The zero-order chi connectivity index (χ0) is 27.5. The van der Waals surface area contributed by atoms with Crippen molar-refractivity contribution in [3.05, 3.63) is 65.0 Å². The van der Waals surface area contributed by atoms with E-state index in [9.17, 15) is 19.1 Å². The summed E-state index contributed by atoms with van der Waals surface area (Å²) in [6.45, 7) is 3.23. The van der Waals surface area contributed by atoms with Gasteiger partial charge < -0.3 is 25.4 Å². The Morgan fingerprint density at radius 1 is 1.21 bits per heavy atom. The minimum atomic E-state index is -0.964. The summed E-state index contributed by atoms with van der Waals surface area (Å²) < 4.78 is 20.1. The smallest absolute Gasteiger partial charge is 0.243 e. The number of hydrogen-bond donors (Lipinski definition) is 4. The third-order valence-electron chi connectivity index (χ3n) is 6.88. The molecule has 3 rings (SSSR count). The second-order valence-corrected chi connectivity index (χ2v) is 10.3. The van der Waals surface area contributed by atoms with Crippen molar-refractivity contribution in [2.75, 3.05) is 26.0 Å². The number of aliphatic hydroxyl groups is 1. The number of benzene rings is 2. The molecule has 2 aromatic carbocycles. The fourth-order valence-corrected chi connectivity index (χ4v) is 4.89. The highest BCUT2D eigenvalue weighted by Gasteiger charge is 2.30. The molecule has 1 aliphatic rings. The monoisotopic (exact) mass is 545 g/mol. The first-order valence-electron chi connectivity index (χ1n) is 13.4. The second kappa shape index (κ2) is 15.1. The molecule has 0 aromatic heterocycles. The van der Waals surface area contributed by atoms with Crippen LogP contribution in [0.3, 0.4) is 0 Å². The Bertz CT molecular complexity index is 1070. The Morgan fingerprint density at radius 2 is 2.00 bits per heavy atom. The van der Waals surface area contributed by atoms with Crippen LogP contribution in [0.2, 0.25) is 0 Å². The predicted molar refractivity (Wildman–Crippen MR) is 150 cm³/mol. The van der Waals surface area contributed by atoms with E-state index in [0.717, 1.165) is 12.0 Å². The van der Waals surface area contributed by atoms with E-state index in [2.05, 4.69) is 42.3 Å². The Kier molecular flexibility index (Phi) is 11.9. The standard InChI is InChI=1S/C29H40FN3O4S/c1-3-20-7-6-8-21(13-20)18-31-19-27(34)25-16-22-14-23(30)17-24(15-22)37-11-5-4-9-28(35)33(2)26(10-12-38)29(36)32-25/h6-8,13-15,17,25-27,31,34,38H,3-5,9-12,16,18-19H2,1-2H3,(H,32,36)/t25-,26?,27+/m0/s1. The van der Waals surface area contributed by atoms with Gasteiger partial charge >= 0.3 is 0 Å². The minimum absolute atomic E-state index is 0.138. The highest BCUT2D eigenvalue weighted by Crippen LogP contribution is 2.20. The number of rotatable bonds is 8. The molecule has 1 aliphatic heterocycles. The summed E-state index contributed by atoms with van der Waals surface area (Å²) in [7, 11) is 1.63. The lowest BCUT2D eigenvalue weighted by atomic mass is 9.99. The van der Waals surface area contributed by atoms with Crippen molar-refractivity contribution in [1.82, 2.24) is 15.5 Å². The van der Waals surface area contributed by atoms with Crippen LogP contribution in [0.1, 0.15) is 49.3 Å². The number of hydrogen-bond acceptors (Lipinski definition) is 6. The van der Waals surface area contributed by atoms with Gasteiger partial charge in [-0.15, -0.1) is 0 Å². The number of halogens is 1. The van der Waals surface area contributed by atoms with Crippen LogP contribution in [-0.4, -0.2) is 66.0 Å². The van der Waals surface area contributed by atoms with Gasteiger partial charge in [-0.05, 0) is 66.7 Å². The maximum atomic E-state index is 14.4. The number of likely N-dealkylation sites (N-methyl/N-ethyl adjacent to an activating group) is 1. The molecule has 3 N–H and O–H groups in total. The number of amides is 2. The summed E-state index contributed by atoms with van der Waals surface area (Å²) >= 11 is 4.29. The van der Waals surface area contributed by atoms with Gasteiger partial charge in [0.15, 0.2) is 0 Å². The second-order valence-electron chi connectivity index (χ2n) is 9.82. The fraction of sp³-hybridized carbons (Fsp3) is 0.517. The number of aliphatic hydroxyl groups excluding tert-OH is 1. The zero-order valence-corrected chi connectivity index (χ0v) is 23.2. The summed E-state index contributed by atoms with van der Waals surface area (Å²) in [5.41, 5.74) is 2.94. The Morgan fingerprint density at radius 3 is 2.76 bits per heavy atom. The van der Waals surface area contributed by atoms with Gasteiger partial charge in [-0.2, -0.15) is 12.6 Å². The largest absolute Gasteiger partial charge is 0.493 e. The molecule has 2 amide bonds. The van der Waals surface area contributed by atoms with E-state index < -0.39 is 24.0 Å². The predicted octanol–water partition coefficient (Wildman–Crippen LogP) is 3.28. The Hall–Kier alpha value is -2.62. The van der Waals surface area contributed by atoms with E-state index in [1.54, 1.807) is 13.1 Å². The van der Waals surface area contributed by atoms with Crippen LogP contribution >= 0.6 is 12.6 Å². The third kappa shape index (κ3) is 8.99. The van der Waals surface area contributed by atoms with Crippen molar-refractivity contribution in [2.24, 2.45) is 0 Å². The lowest BCUT2D eigenvalue weighted by Gasteiger charge is -2.31. The number of nitrogens with zero attached hydrogens (tertiary/aromatic N) is 1. The Labute approximate surface area is 230 Å². The molecule has 0 saturated heterocycles. The van der Waals surface area contributed by atoms with Gasteiger partial charge in [-0.1, -0.05) is 31.2 Å². The number of thiol groups is 1. The first-order chi connectivity index (χ1) is 18.3. The molecule has 0 radical (unpaired) electrons. The van der Waals surface area contributed by atoms with Gasteiger partial charge in [0, 0.05) is 32.6 Å². The number of carbonyl (C=O) groups excluding carboxylic acids is 2. The van der Waals surface area contributed by atoms with Crippen LogP contribution in [0.4, 0.5) is 4.39 Å². The van der Waals surface area contributed by atoms with Crippen LogP contribution in [0.15, 0.2) is 42.5 Å². The van der Waals surface area contributed by atoms with Crippen LogP contribution in [0.5, 0.6) is 5.75 Å². The van der Waals surface area contributed by atoms with Crippen molar-refractivity contribution in [3.8, 4) is 5.75 Å². The van der Waals surface area contributed by atoms with Crippen LogP contribution < -0.4 is 15.4 Å². The molecule has 2 aromatic rings. The molecule has 7 nitrogen and oxygen atoms in total. The maximum Gasteiger partial charge on any atom is 0.243 e. The molecule has 2 bridgehead atoms. The van der Waals surface area contributed by atoms with Crippen molar-refractivity contribution < 1.29 is 23.8 Å². The average Bonchev–Trinajstić information content (AvgIpc) is 2.90. The summed E-state index contributed by atoms with van der Waals surface area (Å²) in [5.74, 6) is -0.139. The van der Waals surface area contributed by atoms with Crippen LogP contribution in [-0.2, 0) is 29.0 Å². The highest BCUT2D eigenvalue weighted by molar-refractivity contribution is 7.80. The normalized spacial score (nSPS) is 20.2. The molecular weight excluding hydrogens is 505 g/mol. The van der Waals surface area contributed by atoms with Crippen molar-refractivity contribution in [1.29, 1.82) is 0 Å². The third-order valence-corrected chi connectivity index (χ3v) is 7.14. The summed E-state index contributed by atoms with van der Waals surface area (Å²) in [5, 5.41) is 17.4. The van der Waals surface area contributed by atoms with E-state index >= 15 is 0 Å². The molecule has 1 unspecified atom stereocenters. The molecular formula is C29H40FN3O4S. The maximum absolute atomic E-state index is 14.4. The quantitative estimate of drug-likeness (QED) is 0.383. The first kappa shape index (κ1) is 29.9. The van der Waals surface area contributed by atoms with E-state index in [0.29, 0.717) is 49.5 Å². The molecule has 1 heterocycles. The summed E-state index contributed by atoms with van der Waals surface area (Å²) in [6, 6.07) is 11.2. The van der Waals surface area contributed by atoms with Crippen molar-refractivity contribution in [2.45, 2.75) is 70.2 Å². The SMILES string of the molecule is CCc1cccc(CNC[C@@H](O)[C@@H]2Cc3cc(F)cc(c3)OCCCCC(=O)N(C)C(CCS)C(=O)N2)c1. The summed E-state index contributed by atoms with van der Waals surface area (Å²) in [6.07, 6.45) is 2.04. The number of nitrogens with one attached hydrogen (secondary N) is 2. The molecule has 38 heavy (non-hydrogen) atoms. The lowest BCUT2D eigenvalue weighted by molar-refractivity contribution is -0.139. The zero-order valence-electron chi connectivity index (χ0n) is 22.3. The number of carbonyl (C=O) groups is 2. The van der Waals surface area contributed by atoms with Gasteiger partial charge in [-0.3, -0.25) is 9.59 Å². The first-order valence-corrected chi connectivity index (χ1v) is 14.0. The molecule has 0 spiro atoms. The number of ether oxygens (including phenoxy) is 1. The number of fused-ring (bicyclic) bond motifs is 2. The van der Waals surface area contributed by atoms with E-state index in [-0.39, 0.29) is 31.2 Å². The van der Waals surface area contributed by atoms with E-state index in [1.807, 2.05) is 12.1 Å². The van der Waals surface area contributed by atoms with Gasteiger partial charge in [-0.25, -0.2) is 4.39 Å². The molecule has 0 aliphatic carbocycles. The van der Waals surface area contributed by atoms with Crippen molar-refractivity contribution >= 4 is 24.4 Å². The summed E-state index contributed by atoms with van der Waals surface area (Å²) in [4.78, 5) is 27.7. The lowest BCUT2D eigenvalue weighted by Crippen LogP contribution is -2.55.